The van der Waals surface area contributed by atoms with Crippen molar-refractivity contribution in [2.75, 3.05) is 14.2 Å². The van der Waals surface area contributed by atoms with Crippen molar-refractivity contribution in [2.45, 2.75) is 12.8 Å². The predicted molar refractivity (Wildman–Crippen MR) is 75.0 cm³/mol. The number of halogens is 1. The van der Waals surface area contributed by atoms with Crippen LogP contribution in [0.15, 0.2) is 34.9 Å². The number of nitrogens with zero attached hydrogens (tertiary/aromatic N) is 2. The van der Waals surface area contributed by atoms with Gasteiger partial charge >= 0.3 is 0 Å². The second-order valence-corrected chi connectivity index (χ2v) is 4.64. The van der Waals surface area contributed by atoms with Gasteiger partial charge in [0, 0.05) is 30.5 Å². The maximum atomic E-state index is 11.6. The second-order valence-electron chi connectivity index (χ2n) is 4.20. The van der Waals surface area contributed by atoms with Crippen molar-refractivity contribution in [3.8, 4) is 11.3 Å². The van der Waals surface area contributed by atoms with Crippen LogP contribution in [0.1, 0.15) is 12.3 Å². The van der Waals surface area contributed by atoms with Gasteiger partial charge in [0.15, 0.2) is 11.7 Å². The summed E-state index contributed by atoms with van der Waals surface area (Å²) in [6.07, 6.45) is 2.36. The third-order valence-corrected chi connectivity index (χ3v) is 3.11. The Morgan fingerprint density at radius 1 is 1.40 bits per heavy atom. The summed E-state index contributed by atoms with van der Waals surface area (Å²) < 4.78 is 5.61. The second kappa shape index (κ2) is 6.54. The minimum absolute atomic E-state index is 0.126. The normalized spacial score (nSPS) is 10.6. The largest absolute Gasteiger partial charge is 0.441 e. The molecular weight excluding hydrogens is 280 g/mol. The molecule has 0 N–H and O–H groups in total. The summed E-state index contributed by atoms with van der Waals surface area (Å²) in [5.41, 5.74) is 0.897. The van der Waals surface area contributed by atoms with E-state index in [1.807, 2.05) is 12.1 Å². The Morgan fingerprint density at radius 3 is 2.75 bits per heavy atom. The van der Waals surface area contributed by atoms with Crippen LogP contribution in [0.25, 0.3) is 11.3 Å². The fourth-order valence-corrected chi connectivity index (χ4v) is 1.77. The number of rotatable bonds is 5. The van der Waals surface area contributed by atoms with E-state index in [4.69, 9.17) is 20.9 Å². The first-order chi connectivity index (χ1) is 9.60. The zero-order chi connectivity index (χ0) is 14.5. The van der Waals surface area contributed by atoms with Crippen LogP contribution in [0.2, 0.25) is 5.02 Å². The molecule has 1 heterocycles. The summed E-state index contributed by atoms with van der Waals surface area (Å²) in [5, 5.41) is 1.85. The van der Waals surface area contributed by atoms with Gasteiger partial charge in [-0.2, -0.15) is 0 Å². The highest BCUT2D eigenvalue weighted by Gasteiger charge is 2.11. The third-order valence-electron chi connectivity index (χ3n) is 2.86. The number of benzene rings is 1. The van der Waals surface area contributed by atoms with E-state index in [-0.39, 0.29) is 12.3 Å². The minimum Gasteiger partial charge on any atom is -0.441 e. The summed E-state index contributed by atoms with van der Waals surface area (Å²) in [6, 6.07) is 7.29. The monoisotopic (exact) mass is 294 g/mol. The van der Waals surface area contributed by atoms with Crippen LogP contribution >= 0.6 is 11.6 Å². The zero-order valence-corrected chi connectivity index (χ0v) is 12.1. The highest BCUT2D eigenvalue weighted by Crippen LogP contribution is 2.22. The Morgan fingerprint density at radius 2 is 2.10 bits per heavy atom. The van der Waals surface area contributed by atoms with Crippen molar-refractivity contribution in [1.29, 1.82) is 0 Å². The van der Waals surface area contributed by atoms with Gasteiger partial charge in [0.25, 0.3) is 0 Å². The number of oxazole rings is 1. The molecule has 0 aliphatic carbocycles. The summed E-state index contributed by atoms with van der Waals surface area (Å²) in [4.78, 5) is 20.5. The van der Waals surface area contributed by atoms with E-state index in [0.29, 0.717) is 23.1 Å². The van der Waals surface area contributed by atoms with Crippen LogP contribution in [-0.4, -0.2) is 30.1 Å². The molecule has 1 amide bonds. The van der Waals surface area contributed by atoms with E-state index < -0.39 is 0 Å². The molecule has 0 saturated carbocycles. The van der Waals surface area contributed by atoms with Gasteiger partial charge < -0.3 is 4.42 Å². The van der Waals surface area contributed by atoms with Crippen LogP contribution < -0.4 is 0 Å². The van der Waals surface area contributed by atoms with Gasteiger partial charge in [0.1, 0.15) is 0 Å². The molecule has 0 unspecified atom stereocenters. The summed E-state index contributed by atoms with van der Waals surface area (Å²) in [6.45, 7) is 0. The lowest BCUT2D eigenvalue weighted by atomic mass is 10.2. The molecule has 0 aliphatic heterocycles. The van der Waals surface area contributed by atoms with E-state index in [2.05, 4.69) is 4.98 Å². The maximum absolute atomic E-state index is 11.6. The van der Waals surface area contributed by atoms with Gasteiger partial charge in [-0.05, 0) is 24.3 Å². The molecule has 0 atom stereocenters. The summed E-state index contributed by atoms with van der Waals surface area (Å²) in [5.74, 6) is 1.05. The number of aryl methyl sites for hydroxylation is 1. The lowest BCUT2D eigenvalue weighted by Crippen LogP contribution is -2.25. The van der Waals surface area contributed by atoms with Crippen molar-refractivity contribution >= 4 is 17.5 Å². The van der Waals surface area contributed by atoms with Crippen molar-refractivity contribution in [2.24, 2.45) is 0 Å². The van der Waals surface area contributed by atoms with Crippen LogP contribution in [-0.2, 0) is 16.1 Å². The zero-order valence-electron chi connectivity index (χ0n) is 11.3. The molecule has 0 aliphatic rings. The predicted octanol–water partition coefficient (Wildman–Crippen LogP) is 2.95. The van der Waals surface area contributed by atoms with Gasteiger partial charge in [-0.1, -0.05) is 11.6 Å². The van der Waals surface area contributed by atoms with E-state index in [1.54, 1.807) is 25.4 Å². The fraction of sp³-hybridized carbons (Fsp3) is 0.286. The van der Waals surface area contributed by atoms with Crippen molar-refractivity contribution < 1.29 is 14.0 Å². The first kappa shape index (κ1) is 14.6. The highest BCUT2D eigenvalue weighted by atomic mass is 35.5. The van der Waals surface area contributed by atoms with Crippen LogP contribution in [0, 0.1) is 0 Å². The molecule has 0 radical (unpaired) electrons. The topological polar surface area (TPSA) is 55.6 Å². The Bertz CT molecular complexity index is 580. The summed E-state index contributed by atoms with van der Waals surface area (Å²) in [7, 11) is 3.01. The quantitative estimate of drug-likeness (QED) is 0.796. The number of hydroxylamine groups is 2. The highest BCUT2D eigenvalue weighted by molar-refractivity contribution is 6.30. The summed E-state index contributed by atoms with van der Waals surface area (Å²) >= 11 is 5.83. The fourth-order valence-electron chi connectivity index (χ4n) is 1.65. The lowest BCUT2D eigenvalue weighted by Gasteiger charge is -2.12. The molecule has 0 bridgehead atoms. The number of aromatic nitrogens is 1. The molecule has 0 fully saturated rings. The Kier molecular flexibility index (Phi) is 4.76. The molecule has 5 nitrogen and oxygen atoms in total. The van der Waals surface area contributed by atoms with Crippen LogP contribution in [0.5, 0.6) is 0 Å². The average molecular weight is 295 g/mol. The number of hydrogen-bond donors (Lipinski definition) is 0. The van der Waals surface area contributed by atoms with Gasteiger partial charge in [0.2, 0.25) is 5.91 Å². The molecule has 1 aromatic heterocycles. The molecule has 2 aromatic rings. The van der Waals surface area contributed by atoms with E-state index in [0.717, 1.165) is 5.56 Å². The van der Waals surface area contributed by atoms with Crippen molar-refractivity contribution in [3.63, 3.8) is 0 Å². The average Bonchev–Trinajstić information content (AvgIpc) is 2.93. The minimum atomic E-state index is -0.126. The van der Waals surface area contributed by atoms with E-state index >= 15 is 0 Å². The Balaban J connectivity index is 1.99. The van der Waals surface area contributed by atoms with Gasteiger partial charge in [0.05, 0.1) is 13.3 Å². The lowest BCUT2D eigenvalue weighted by molar-refractivity contribution is -0.168. The van der Waals surface area contributed by atoms with Gasteiger partial charge in [-0.3, -0.25) is 9.63 Å². The van der Waals surface area contributed by atoms with E-state index in [1.165, 1.54) is 12.2 Å². The first-order valence-electron chi connectivity index (χ1n) is 6.11. The molecule has 20 heavy (non-hydrogen) atoms. The van der Waals surface area contributed by atoms with Gasteiger partial charge in [-0.15, -0.1) is 0 Å². The number of carbonyl (C=O) groups excluding carboxylic acids is 1. The molecule has 106 valence electrons. The molecule has 0 saturated heterocycles. The van der Waals surface area contributed by atoms with Crippen molar-refractivity contribution in [3.05, 3.63) is 41.4 Å². The molecular formula is C14H15ClN2O3. The maximum Gasteiger partial charge on any atom is 0.246 e. The molecule has 1 aromatic carbocycles. The SMILES string of the molecule is CON(C)C(=O)CCc1ncc(-c2ccc(Cl)cc2)o1. The number of carbonyl (C=O) groups is 1. The van der Waals surface area contributed by atoms with Crippen molar-refractivity contribution in [1.82, 2.24) is 10.0 Å². The first-order valence-corrected chi connectivity index (χ1v) is 6.49. The van der Waals surface area contributed by atoms with Gasteiger partial charge in [-0.25, -0.2) is 10.0 Å². The third kappa shape index (κ3) is 3.59. The number of hydrogen-bond acceptors (Lipinski definition) is 4. The molecule has 2 rings (SSSR count). The smallest absolute Gasteiger partial charge is 0.246 e. The Hall–Kier alpha value is -1.85. The number of amides is 1. The molecule has 0 spiro atoms. The van der Waals surface area contributed by atoms with E-state index in [9.17, 15) is 4.79 Å². The van der Waals surface area contributed by atoms with Crippen LogP contribution in [0.4, 0.5) is 0 Å². The standard InChI is InChI=1S/C14H15ClN2O3/c1-17(19-2)14(18)8-7-13-16-9-12(20-13)10-3-5-11(15)6-4-10/h3-6,9H,7-8H2,1-2H3. The van der Waals surface area contributed by atoms with Crippen LogP contribution in [0.3, 0.4) is 0 Å². The molecule has 6 heteroatoms. The Labute approximate surface area is 122 Å².